The minimum atomic E-state index is -0.317. The SMILES string of the molecule is Cc1cc(C)c(-n2nccn2)c(C(=O)N2CCN(c3nc4cc(Cl)ccc4o3)C(=O)CC2C)c1. The van der Waals surface area contributed by atoms with Gasteiger partial charge in [0.2, 0.25) is 5.91 Å². The first kappa shape index (κ1) is 22.1. The molecule has 174 valence electrons. The Morgan fingerprint density at radius 3 is 2.65 bits per heavy atom. The van der Waals surface area contributed by atoms with Crippen molar-refractivity contribution >= 4 is 40.5 Å². The molecule has 1 aliphatic rings. The highest BCUT2D eigenvalue weighted by atomic mass is 35.5. The quantitative estimate of drug-likeness (QED) is 0.442. The van der Waals surface area contributed by atoms with Gasteiger partial charge in [0.25, 0.3) is 5.91 Å². The molecule has 34 heavy (non-hydrogen) atoms. The van der Waals surface area contributed by atoms with E-state index in [1.807, 2.05) is 32.9 Å². The molecule has 0 N–H and O–H groups in total. The molecule has 10 heteroatoms. The average molecular weight is 479 g/mol. The maximum Gasteiger partial charge on any atom is 0.305 e. The van der Waals surface area contributed by atoms with Crippen LogP contribution in [0, 0.1) is 13.8 Å². The minimum absolute atomic E-state index is 0.144. The van der Waals surface area contributed by atoms with Crippen molar-refractivity contribution in [2.75, 3.05) is 18.0 Å². The summed E-state index contributed by atoms with van der Waals surface area (Å²) in [5.41, 5.74) is 4.11. The molecule has 1 fully saturated rings. The number of aryl methyl sites for hydroxylation is 2. The van der Waals surface area contributed by atoms with Gasteiger partial charge in [0.05, 0.1) is 18.0 Å². The van der Waals surface area contributed by atoms with Crippen molar-refractivity contribution in [3.63, 3.8) is 0 Å². The van der Waals surface area contributed by atoms with Crippen molar-refractivity contribution < 1.29 is 14.0 Å². The van der Waals surface area contributed by atoms with Crippen LogP contribution in [0.15, 0.2) is 47.1 Å². The Morgan fingerprint density at radius 1 is 1.12 bits per heavy atom. The molecule has 3 heterocycles. The number of oxazole rings is 1. The molecule has 2 aromatic heterocycles. The van der Waals surface area contributed by atoms with Crippen LogP contribution in [0.5, 0.6) is 0 Å². The van der Waals surface area contributed by atoms with Crippen LogP contribution < -0.4 is 4.90 Å². The van der Waals surface area contributed by atoms with E-state index in [9.17, 15) is 9.59 Å². The van der Waals surface area contributed by atoms with Crippen molar-refractivity contribution in [3.05, 3.63) is 64.4 Å². The molecule has 9 nitrogen and oxygen atoms in total. The molecule has 1 aliphatic heterocycles. The number of anilines is 1. The number of rotatable bonds is 3. The molecule has 1 atom stereocenters. The fourth-order valence-electron chi connectivity index (χ4n) is 4.41. The lowest BCUT2D eigenvalue weighted by molar-refractivity contribution is -0.119. The first-order chi connectivity index (χ1) is 16.3. The first-order valence-corrected chi connectivity index (χ1v) is 11.3. The summed E-state index contributed by atoms with van der Waals surface area (Å²) in [6, 6.07) is 8.85. The fourth-order valence-corrected chi connectivity index (χ4v) is 4.57. The highest BCUT2D eigenvalue weighted by Crippen LogP contribution is 2.28. The van der Waals surface area contributed by atoms with Gasteiger partial charge in [-0.15, -0.1) is 0 Å². The minimum Gasteiger partial charge on any atom is -0.423 e. The number of hydrogen-bond acceptors (Lipinski definition) is 6. The standard InChI is InChI=1S/C24H23ClN6O3/c1-14-10-15(2)22(31-26-6-7-27-31)18(11-14)23(33)29-8-9-30(21(32)12-16(29)3)24-28-19-13-17(25)4-5-20(19)34-24/h4-7,10-11,13,16H,8-9,12H2,1-3H3. The van der Waals surface area contributed by atoms with Gasteiger partial charge < -0.3 is 9.32 Å². The molecular weight excluding hydrogens is 456 g/mol. The second-order valence-corrected chi connectivity index (χ2v) is 8.94. The molecule has 1 saturated heterocycles. The number of amides is 2. The van der Waals surface area contributed by atoms with E-state index in [0.29, 0.717) is 33.9 Å². The molecule has 0 saturated carbocycles. The van der Waals surface area contributed by atoms with E-state index in [-0.39, 0.29) is 36.8 Å². The number of halogens is 1. The Hall–Kier alpha value is -3.72. The number of nitrogens with zero attached hydrogens (tertiary/aromatic N) is 6. The Morgan fingerprint density at radius 2 is 1.88 bits per heavy atom. The van der Waals surface area contributed by atoms with E-state index >= 15 is 0 Å². The predicted molar refractivity (Wildman–Crippen MR) is 127 cm³/mol. The summed E-state index contributed by atoms with van der Waals surface area (Å²) in [4.78, 5) is 36.0. The van der Waals surface area contributed by atoms with Crippen LogP contribution in [-0.4, -0.2) is 55.8 Å². The molecule has 1 unspecified atom stereocenters. The second-order valence-electron chi connectivity index (χ2n) is 8.50. The van der Waals surface area contributed by atoms with E-state index in [2.05, 4.69) is 15.2 Å². The van der Waals surface area contributed by atoms with Crippen LogP contribution in [0.1, 0.15) is 34.8 Å². The molecule has 5 rings (SSSR count). The van der Waals surface area contributed by atoms with Gasteiger partial charge in [0, 0.05) is 30.6 Å². The van der Waals surface area contributed by atoms with Crippen LogP contribution in [0.3, 0.4) is 0 Å². The summed E-state index contributed by atoms with van der Waals surface area (Å²) >= 11 is 6.05. The summed E-state index contributed by atoms with van der Waals surface area (Å²) in [5, 5.41) is 9.01. The molecule has 4 aromatic rings. The summed E-state index contributed by atoms with van der Waals surface area (Å²) in [6.45, 7) is 6.33. The first-order valence-electron chi connectivity index (χ1n) is 11.0. The van der Waals surface area contributed by atoms with Gasteiger partial charge >= 0.3 is 6.01 Å². The average Bonchev–Trinajstić information content (AvgIpc) is 3.42. The Balaban J connectivity index is 1.47. The van der Waals surface area contributed by atoms with Crippen molar-refractivity contribution in [1.82, 2.24) is 24.9 Å². The van der Waals surface area contributed by atoms with Gasteiger partial charge in [-0.05, 0) is 56.2 Å². The highest BCUT2D eigenvalue weighted by Gasteiger charge is 2.33. The molecule has 0 bridgehead atoms. The number of carbonyl (C=O) groups is 2. The number of aromatic nitrogens is 4. The zero-order valence-electron chi connectivity index (χ0n) is 19.0. The maximum atomic E-state index is 13.8. The van der Waals surface area contributed by atoms with E-state index in [1.54, 1.807) is 35.5 Å². The predicted octanol–water partition coefficient (Wildman–Crippen LogP) is 3.95. The lowest BCUT2D eigenvalue weighted by Gasteiger charge is -2.27. The molecule has 2 aromatic carbocycles. The van der Waals surface area contributed by atoms with E-state index in [1.165, 1.54) is 9.70 Å². The van der Waals surface area contributed by atoms with E-state index < -0.39 is 0 Å². The molecule has 0 radical (unpaired) electrons. The van der Waals surface area contributed by atoms with Gasteiger partial charge in [-0.1, -0.05) is 17.7 Å². The third-order valence-electron chi connectivity index (χ3n) is 5.99. The van der Waals surface area contributed by atoms with Crippen LogP contribution in [-0.2, 0) is 4.79 Å². The highest BCUT2D eigenvalue weighted by molar-refractivity contribution is 6.31. The van der Waals surface area contributed by atoms with Crippen molar-refractivity contribution in [1.29, 1.82) is 0 Å². The third kappa shape index (κ3) is 3.92. The number of hydrogen-bond donors (Lipinski definition) is 0. The number of benzene rings is 2. The normalized spacial score (nSPS) is 16.8. The van der Waals surface area contributed by atoms with Crippen LogP contribution in [0.4, 0.5) is 6.01 Å². The maximum absolute atomic E-state index is 13.8. The smallest absolute Gasteiger partial charge is 0.305 e. The summed E-state index contributed by atoms with van der Waals surface area (Å²) < 4.78 is 5.82. The Bertz CT molecular complexity index is 1400. The zero-order chi connectivity index (χ0) is 24.0. The molecule has 0 spiro atoms. The summed E-state index contributed by atoms with van der Waals surface area (Å²) in [6.07, 6.45) is 3.30. The van der Waals surface area contributed by atoms with Crippen molar-refractivity contribution in [2.24, 2.45) is 0 Å². The fraction of sp³-hybridized carbons (Fsp3) is 0.292. The van der Waals surface area contributed by atoms with Gasteiger partial charge in [-0.3, -0.25) is 14.5 Å². The van der Waals surface area contributed by atoms with E-state index in [4.69, 9.17) is 16.0 Å². The molecule has 0 aliphatic carbocycles. The third-order valence-corrected chi connectivity index (χ3v) is 6.23. The summed E-state index contributed by atoms with van der Waals surface area (Å²) in [5.74, 6) is -0.333. The van der Waals surface area contributed by atoms with Crippen molar-refractivity contribution in [3.8, 4) is 5.69 Å². The largest absolute Gasteiger partial charge is 0.423 e. The summed E-state index contributed by atoms with van der Waals surface area (Å²) in [7, 11) is 0. The zero-order valence-corrected chi connectivity index (χ0v) is 19.8. The van der Waals surface area contributed by atoms with E-state index in [0.717, 1.165) is 11.1 Å². The Labute approximate surface area is 200 Å². The van der Waals surface area contributed by atoms with Crippen LogP contribution in [0.25, 0.3) is 16.8 Å². The van der Waals surface area contributed by atoms with Gasteiger partial charge in [-0.2, -0.15) is 20.0 Å². The number of carbonyl (C=O) groups excluding carboxylic acids is 2. The van der Waals surface area contributed by atoms with Gasteiger partial charge in [0.1, 0.15) is 11.2 Å². The lowest BCUT2D eigenvalue weighted by atomic mass is 10.0. The topological polar surface area (TPSA) is 97.4 Å². The van der Waals surface area contributed by atoms with Crippen LogP contribution in [0.2, 0.25) is 5.02 Å². The van der Waals surface area contributed by atoms with Crippen molar-refractivity contribution in [2.45, 2.75) is 33.2 Å². The Kier molecular flexibility index (Phi) is 5.57. The van der Waals surface area contributed by atoms with Crippen LogP contribution >= 0.6 is 11.6 Å². The lowest BCUT2D eigenvalue weighted by Crippen LogP contribution is -2.40. The molecular formula is C24H23ClN6O3. The second kappa shape index (κ2) is 8.57. The van der Waals surface area contributed by atoms with Gasteiger partial charge in [0.15, 0.2) is 5.58 Å². The van der Waals surface area contributed by atoms with Gasteiger partial charge in [-0.25, -0.2) is 0 Å². The molecule has 2 amide bonds. The number of fused-ring (bicyclic) bond motifs is 1. The monoisotopic (exact) mass is 478 g/mol.